The molecule has 0 saturated heterocycles. The molecule has 1 rings (SSSR count). The van der Waals surface area contributed by atoms with E-state index < -0.39 is 23.0 Å². The SMILES string of the molecule is OC1=CC(C(F)(F)F)=CNC1Cl. The van der Waals surface area contributed by atoms with Gasteiger partial charge in [-0.25, -0.2) is 0 Å². The highest BCUT2D eigenvalue weighted by atomic mass is 35.5. The zero-order valence-electron chi connectivity index (χ0n) is 5.69. The van der Waals surface area contributed by atoms with Crippen molar-refractivity contribution in [1.82, 2.24) is 5.32 Å². The summed E-state index contributed by atoms with van der Waals surface area (Å²) in [6, 6.07) is 0. The molecule has 1 heterocycles. The molecule has 0 aromatic heterocycles. The van der Waals surface area contributed by atoms with Gasteiger partial charge in [0.05, 0.1) is 5.57 Å². The van der Waals surface area contributed by atoms with Crippen LogP contribution in [0.15, 0.2) is 23.6 Å². The van der Waals surface area contributed by atoms with E-state index in [1.54, 1.807) is 0 Å². The van der Waals surface area contributed by atoms with Crippen LogP contribution in [0.25, 0.3) is 0 Å². The van der Waals surface area contributed by atoms with Gasteiger partial charge >= 0.3 is 6.18 Å². The van der Waals surface area contributed by atoms with Crippen molar-refractivity contribution >= 4 is 11.6 Å². The van der Waals surface area contributed by atoms with Crippen LogP contribution in [0.1, 0.15) is 0 Å². The minimum Gasteiger partial charge on any atom is -0.509 e. The number of aliphatic hydroxyl groups excluding tert-OH is 1. The van der Waals surface area contributed by atoms with Gasteiger partial charge in [0.15, 0.2) is 5.50 Å². The molecular formula is C6H5ClF3NO. The Kier molecular flexibility index (Phi) is 2.23. The van der Waals surface area contributed by atoms with Crippen LogP contribution in [0.2, 0.25) is 0 Å². The topological polar surface area (TPSA) is 32.3 Å². The van der Waals surface area contributed by atoms with Gasteiger partial charge < -0.3 is 10.4 Å². The average molecular weight is 200 g/mol. The lowest BCUT2D eigenvalue weighted by molar-refractivity contribution is -0.0891. The van der Waals surface area contributed by atoms with Crippen molar-refractivity contribution < 1.29 is 18.3 Å². The van der Waals surface area contributed by atoms with Crippen molar-refractivity contribution in [3.8, 4) is 0 Å². The van der Waals surface area contributed by atoms with E-state index >= 15 is 0 Å². The van der Waals surface area contributed by atoms with Crippen molar-refractivity contribution in [1.29, 1.82) is 0 Å². The lowest BCUT2D eigenvalue weighted by Crippen LogP contribution is -2.27. The number of hydrogen-bond acceptors (Lipinski definition) is 2. The molecule has 0 radical (unpaired) electrons. The summed E-state index contributed by atoms with van der Waals surface area (Å²) >= 11 is 5.34. The second-order valence-corrected chi connectivity index (χ2v) is 2.63. The van der Waals surface area contributed by atoms with Crippen molar-refractivity contribution in [2.24, 2.45) is 0 Å². The van der Waals surface area contributed by atoms with E-state index in [2.05, 4.69) is 5.32 Å². The van der Waals surface area contributed by atoms with Crippen LogP contribution in [0.5, 0.6) is 0 Å². The Morgan fingerprint density at radius 1 is 1.50 bits per heavy atom. The number of hydrogen-bond donors (Lipinski definition) is 2. The molecule has 0 amide bonds. The van der Waals surface area contributed by atoms with Crippen LogP contribution in [0.3, 0.4) is 0 Å². The Morgan fingerprint density at radius 2 is 2.08 bits per heavy atom. The first kappa shape index (κ1) is 9.25. The molecule has 0 bridgehead atoms. The summed E-state index contributed by atoms with van der Waals surface area (Å²) < 4.78 is 35.8. The predicted octanol–water partition coefficient (Wildman–Crippen LogP) is 2.04. The molecule has 1 aliphatic heterocycles. The van der Waals surface area contributed by atoms with Gasteiger partial charge in [0.1, 0.15) is 5.76 Å². The maximum Gasteiger partial charge on any atom is 0.417 e. The Bertz CT molecular complexity index is 246. The number of nitrogens with one attached hydrogen (secondary N) is 1. The van der Waals surface area contributed by atoms with Crippen LogP contribution in [0, 0.1) is 0 Å². The Labute approximate surface area is 71.3 Å². The fraction of sp³-hybridized carbons (Fsp3) is 0.333. The highest BCUT2D eigenvalue weighted by Gasteiger charge is 2.34. The molecule has 2 nitrogen and oxygen atoms in total. The summed E-state index contributed by atoms with van der Waals surface area (Å²) in [6.45, 7) is 0. The van der Waals surface area contributed by atoms with Gasteiger partial charge in [-0.15, -0.1) is 0 Å². The maximum atomic E-state index is 11.9. The molecule has 0 aromatic rings. The molecule has 1 aliphatic rings. The second-order valence-electron chi connectivity index (χ2n) is 2.20. The number of dihydropyridines is 1. The van der Waals surface area contributed by atoms with Crippen LogP contribution >= 0.6 is 11.6 Å². The van der Waals surface area contributed by atoms with Gasteiger partial charge in [-0.1, -0.05) is 11.6 Å². The van der Waals surface area contributed by atoms with Crippen molar-refractivity contribution in [3.05, 3.63) is 23.6 Å². The molecule has 0 aliphatic carbocycles. The number of rotatable bonds is 0. The first-order valence-electron chi connectivity index (χ1n) is 2.99. The quantitative estimate of drug-likeness (QED) is 0.462. The molecule has 12 heavy (non-hydrogen) atoms. The Morgan fingerprint density at radius 3 is 2.50 bits per heavy atom. The molecule has 0 aromatic carbocycles. The van der Waals surface area contributed by atoms with Crippen LogP contribution in [-0.2, 0) is 0 Å². The molecule has 2 N–H and O–H groups in total. The summed E-state index contributed by atoms with van der Waals surface area (Å²) in [5.41, 5.74) is -1.92. The van der Waals surface area contributed by atoms with E-state index in [-0.39, 0.29) is 0 Å². The van der Waals surface area contributed by atoms with Crippen molar-refractivity contribution in [3.63, 3.8) is 0 Å². The van der Waals surface area contributed by atoms with Gasteiger partial charge in [-0.05, 0) is 6.08 Å². The normalized spacial score (nSPS) is 24.2. The summed E-state index contributed by atoms with van der Waals surface area (Å²) in [6.07, 6.45) is -3.15. The van der Waals surface area contributed by atoms with E-state index in [1.165, 1.54) is 0 Å². The lowest BCUT2D eigenvalue weighted by atomic mass is 10.2. The first-order valence-corrected chi connectivity index (χ1v) is 3.43. The van der Waals surface area contributed by atoms with Gasteiger partial charge in [0.25, 0.3) is 0 Å². The largest absolute Gasteiger partial charge is 0.509 e. The Hall–Kier alpha value is -0.840. The number of aliphatic hydroxyl groups is 1. The van der Waals surface area contributed by atoms with E-state index in [0.717, 1.165) is 6.20 Å². The van der Waals surface area contributed by atoms with E-state index in [1.807, 2.05) is 0 Å². The molecule has 6 heteroatoms. The third-order valence-corrected chi connectivity index (χ3v) is 1.63. The summed E-state index contributed by atoms with van der Waals surface area (Å²) in [5, 5.41) is 11.0. The van der Waals surface area contributed by atoms with Gasteiger partial charge in [-0.3, -0.25) is 0 Å². The standard InChI is InChI=1S/C6H5ClF3NO/c7-5-4(12)1-3(2-11-5)6(8,9)10/h1-2,5,11-12H. The molecule has 0 spiro atoms. The molecule has 1 atom stereocenters. The van der Waals surface area contributed by atoms with E-state index in [9.17, 15) is 13.2 Å². The zero-order chi connectivity index (χ0) is 9.35. The smallest absolute Gasteiger partial charge is 0.417 e. The summed E-state index contributed by atoms with van der Waals surface area (Å²) in [7, 11) is 0. The highest BCUT2D eigenvalue weighted by Crippen LogP contribution is 2.29. The van der Waals surface area contributed by atoms with Crippen molar-refractivity contribution in [2.45, 2.75) is 11.7 Å². The summed E-state index contributed by atoms with van der Waals surface area (Å²) in [5.74, 6) is -0.536. The second kappa shape index (κ2) is 2.90. The fourth-order valence-corrected chi connectivity index (χ4v) is 0.812. The molecule has 1 unspecified atom stereocenters. The molecule has 0 saturated carbocycles. The van der Waals surface area contributed by atoms with Crippen LogP contribution in [0.4, 0.5) is 13.2 Å². The first-order chi connectivity index (χ1) is 5.41. The number of halogens is 4. The third kappa shape index (κ3) is 1.85. The maximum absolute atomic E-state index is 11.9. The molecular weight excluding hydrogens is 195 g/mol. The third-order valence-electron chi connectivity index (χ3n) is 1.28. The number of alkyl halides is 4. The highest BCUT2D eigenvalue weighted by molar-refractivity contribution is 6.22. The van der Waals surface area contributed by atoms with E-state index in [4.69, 9.17) is 16.7 Å². The minimum absolute atomic E-state index is 0.536. The van der Waals surface area contributed by atoms with Gasteiger partial charge in [0.2, 0.25) is 0 Å². The van der Waals surface area contributed by atoms with Gasteiger partial charge in [0, 0.05) is 6.20 Å². The average Bonchev–Trinajstić information content (AvgIpc) is 1.92. The molecule has 0 fully saturated rings. The van der Waals surface area contributed by atoms with E-state index in [0.29, 0.717) is 6.08 Å². The monoisotopic (exact) mass is 199 g/mol. The van der Waals surface area contributed by atoms with Crippen LogP contribution < -0.4 is 5.32 Å². The predicted molar refractivity (Wildman–Crippen MR) is 37.6 cm³/mol. The van der Waals surface area contributed by atoms with Crippen LogP contribution in [-0.4, -0.2) is 16.8 Å². The number of allylic oxidation sites excluding steroid dienone is 2. The van der Waals surface area contributed by atoms with Crippen molar-refractivity contribution in [2.75, 3.05) is 0 Å². The fourth-order valence-electron chi connectivity index (χ4n) is 0.686. The Balaban J connectivity index is 2.85. The molecule has 68 valence electrons. The summed E-state index contributed by atoms with van der Waals surface area (Å²) in [4.78, 5) is 0. The lowest BCUT2D eigenvalue weighted by Gasteiger charge is -2.17. The van der Waals surface area contributed by atoms with Gasteiger partial charge in [-0.2, -0.15) is 13.2 Å². The zero-order valence-corrected chi connectivity index (χ0v) is 6.45. The minimum atomic E-state index is -4.46.